The van der Waals surface area contributed by atoms with Crippen molar-refractivity contribution >= 4 is 17.4 Å². The van der Waals surface area contributed by atoms with Crippen molar-refractivity contribution in [2.75, 3.05) is 25.0 Å². The molecule has 2 N–H and O–H groups in total. The Morgan fingerprint density at radius 3 is 2.55 bits per heavy atom. The van der Waals surface area contributed by atoms with Crippen molar-refractivity contribution in [2.24, 2.45) is 0 Å². The molecule has 0 spiro atoms. The van der Waals surface area contributed by atoms with E-state index in [-0.39, 0.29) is 12.2 Å². The number of urea groups is 1. The van der Waals surface area contributed by atoms with Crippen LogP contribution in [0.2, 0.25) is 0 Å². The van der Waals surface area contributed by atoms with Gasteiger partial charge in [-0.2, -0.15) is 0 Å². The van der Waals surface area contributed by atoms with Crippen molar-refractivity contribution in [1.82, 2.24) is 4.90 Å². The van der Waals surface area contributed by atoms with Crippen molar-refractivity contribution in [3.05, 3.63) is 33.4 Å². The molecular weight excluding hydrogens is 300 g/mol. The second-order valence-electron chi connectivity index (χ2n) is 4.70. The normalized spacial score (nSPS) is 10.6. The minimum absolute atomic E-state index is 0.0877. The van der Waals surface area contributed by atoms with E-state index in [1.54, 1.807) is 6.92 Å². The van der Waals surface area contributed by atoms with Gasteiger partial charge in [0.1, 0.15) is 0 Å². The van der Waals surface area contributed by atoms with Crippen LogP contribution >= 0.6 is 0 Å². The molecule has 122 valence electrons. The van der Waals surface area contributed by atoms with Crippen LogP contribution in [-0.4, -0.2) is 47.1 Å². The number of amides is 2. The number of carbonyl (C=O) groups excluding carboxylic acids is 1. The monoisotopic (exact) mass is 317 g/mol. The first kappa shape index (κ1) is 17.8. The van der Waals surface area contributed by atoms with Crippen LogP contribution in [0.5, 0.6) is 0 Å². The van der Waals surface area contributed by atoms with Gasteiger partial charge >= 0.3 is 6.03 Å². The summed E-state index contributed by atoms with van der Waals surface area (Å²) in [7, 11) is 0. The number of benzene rings is 1. The second kappa shape index (κ2) is 7.64. The summed E-state index contributed by atoms with van der Waals surface area (Å²) in [6, 6.07) is 1.91. The van der Waals surface area contributed by atoms with Gasteiger partial charge in [-0.05, 0) is 25.5 Å². The van der Waals surface area contributed by atoms with Gasteiger partial charge in [-0.1, -0.05) is 0 Å². The van der Waals surface area contributed by atoms with Gasteiger partial charge in [-0.15, -0.1) is 0 Å². The molecule has 2 amide bonds. The fourth-order valence-corrected chi connectivity index (χ4v) is 1.89. The lowest BCUT2D eigenvalue weighted by Gasteiger charge is -2.22. The third-order valence-electron chi connectivity index (χ3n) is 3.00. The predicted molar refractivity (Wildman–Crippen MR) is 76.3 cm³/mol. The third-order valence-corrected chi connectivity index (χ3v) is 3.00. The molecule has 7 nitrogen and oxygen atoms in total. The molecule has 0 aliphatic rings. The number of anilines is 1. The van der Waals surface area contributed by atoms with Gasteiger partial charge in [0.05, 0.1) is 18.1 Å². The van der Waals surface area contributed by atoms with E-state index >= 15 is 0 Å². The molecule has 0 heterocycles. The smallest absolute Gasteiger partial charge is 0.322 e. The zero-order valence-corrected chi connectivity index (χ0v) is 12.2. The van der Waals surface area contributed by atoms with E-state index in [1.807, 2.05) is 0 Å². The van der Waals surface area contributed by atoms with Crippen LogP contribution in [0, 0.1) is 24.0 Å². The Morgan fingerprint density at radius 1 is 1.41 bits per heavy atom. The highest BCUT2D eigenvalue weighted by Crippen LogP contribution is 2.26. The predicted octanol–water partition coefficient (Wildman–Crippen LogP) is 2.30. The fraction of sp³-hybridized carbons (Fsp3) is 0.462. The van der Waals surface area contributed by atoms with E-state index < -0.39 is 30.5 Å². The first-order chi connectivity index (χ1) is 10.3. The Bertz CT molecular complexity index is 566. The highest BCUT2D eigenvalue weighted by atomic mass is 19.3. The summed E-state index contributed by atoms with van der Waals surface area (Å²) in [4.78, 5) is 23.0. The van der Waals surface area contributed by atoms with Crippen molar-refractivity contribution in [2.45, 2.75) is 20.3 Å². The van der Waals surface area contributed by atoms with Crippen LogP contribution in [0.1, 0.15) is 11.1 Å². The molecule has 9 heteroatoms. The largest absolute Gasteiger partial charge is 0.395 e. The molecule has 1 aromatic rings. The average Bonchev–Trinajstić information content (AvgIpc) is 2.41. The van der Waals surface area contributed by atoms with Crippen LogP contribution in [0.4, 0.5) is 25.0 Å². The van der Waals surface area contributed by atoms with Gasteiger partial charge in [0.25, 0.3) is 12.1 Å². The Balaban J connectivity index is 2.95. The molecule has 0 aliphatic heterocycles. The lowest BCUT2D eigenvalue weighted by Crippen LogP contribution is -2.40. The molecule has 1 rings (SSSR count). The van der Waals surface area contributed by atoms with Crippen molar-refractivity contribution in [1.29, 1.82) is 0 Å². The van der Waals surface area contributed by atoms with Crippen LogP contribution in [0.25, 0.3) is 0 Å². The molecule has 0 saturated heterocycles. The maximum absolute atomic E-state index is 12.4. The number of aliphatic hydroxyl groups excluding tert-OH is 1. The minimum atomic E-state index is -2.73. The van der Waals surface area contributed by atoms with Crippen molar-refractivity contribution < 1.29 is 23.6 Å². The number of hydrogen-bond acceptors (Lipinski definition) is 4. The van der Waals surface area contributed by atoms with Gasteiger partial charge in [0.15, 0.2) is 0 Å². The first-order valence-electron chi connectivity index (χ1n) is 6.46. The fourth-order valence-electron chi connectivity index (χ4n) is 1.89. The maximum Gasteiger partial charge on any atom is 0.322 e. The summed E-state index contributed by atoms with van der Waals surface area (Å²) in [6.07, 6.45) is -2.73. The topological polar surface area (TPSA) is 95.7 Å². The summed E-state index contributed by atoms with van der Waals surface area (Å²) >= 11 is 0. The molecule has 22 heavy (non-hydrogen) atoms. The highest BCUT2D eigenvalue weighted by molar-refractivity contribution is 5.90. The third kappa shape index (κ3) is 4.62. The summed E-state index contributed by atoms with van der Waals surface area (Å²) in [5.74, 6) is 0. The Labute approximate surface area is 125 Å². The van der Waals surface area contributed by atoms with Gasteiger partial charge in [-0.3, -0.25) is 10.1 Å². The number of nitro benzene ring substituents is 1. The molecule has 0 aromatic heterocycles. The van der Waals surface area contributed by atoms with E-state index in [1.165, 1.54) is 19.1 Å². The summed E-state index contributed by atoms with van der Waals surface area (Å²) in [5.41, 5.74) is 0.987. The Morgan fingerprint density at radius 2 is 2.05 bits per heavy atom. The quantitative estimate of drug-likeness (QED) is 0.621. The first-order valence-corrected chi connectivity index (χ1v) is 6.46. The molecule has 0 bridgehead atoms. The average molecular weight is 317 g/mol. The van der Waals surface area contributed by atoms with Crippen LogP contribution < -0.4 is 5.32 Å². The number of carbonyl (C=O) groups is 1. The zero-order chi connectivity index (χ0) is 16.9. The Hall–Kier alpha value is -2.29. The summed E-state index contributed by atoms with van der Waals surface area (Å²) < 4.78 is 24.8. The van der Waals surface area contributed by atoms with Crippen LogP contribution in [0.15, 0.2) is 12.1 Å². The molecule has 0 fully saturated rings. The maximum atomic E-state index is 12.4. The number of hydrogen-bond donors (Lipinski definition) is 2. The number of rotatable bonds is 6. The number of nitrogens with zero attached hydrogens (tertiary/aromatic N) is 2. The van der Waals surface area contributed by atoms with Crippen LogP contribution in [0.3, 0.4) is 0 Å². The van der Waals surface area contributed by atoms with Gasteiger partial charge in [-0.25, -0.2) is 13.6 Å². The van der Waals surface area contributed by atoms with Crippen LogP contribution in [-0.2, 0) is 0 Å². The second-order valence-corrected chi connectivity index (χ2v) is 4.70. The van der Waals surface area contributed by atoms with Crippen molar-refractivity contribution in [3.63, 3.8) is 0 Å². The molecule has 0 radical (unpaired) electrons. The van der Waals surface area contributed by atoms with E-state index in [4.69, 9.17) is 5.11 Å². The van der Waals surface area contributed by atoms with E-state index in [2.05, 4.69) is 5.32 Å². The lowest BCUT2D eigenvalue weighted by molar-refractivity contribution is -0.385. The van der Waals surface area contributed by atoms with Gasteiger partial charge in [0, 0.05) is 23.9 Å². The SMILES string of the molecule is Cc1cc([N+](=O)[O-])c(C)cc1NC(=O)N(CCO)CC(F)F. The number of alkyl halides is 2. The standard InChI is InChI=1S/C13H17F2N3O4/c1-8-6-11(18(21)22)9(2)5-10(8)16-13(20)17(3-4-19)7-12(14)15/h5-6,12,19H,3-4,7H2,1-2H3,(H,16,20). The number of aryl methyl sites for hydroxylation is 2. The number of aliphatic hydroxyl groups is 1. The van der Waals surface area contributed by atoms with E-state index in [0.29, 0.717) is 16.8 Å². The number of halogens is 2. The molecule has 0 unspecified atom stereocenters. The van der Waals surface area contributed by atoms with Crippen molar-refractivity contribution in [3.8, 4) is 0 Å². The highest BCUT2D eigenvalue weighted by Gasteiger charge is 2.20. The molecule has 0 atom stereocenters. The van der Waals surface area contributed by atoms with E-state index in [0.717, 1.165) is 4.90 Å². The number of nitro groups is 1. The lowest BCUT2D eigenvalue weighted by atomic mass is 10.1. The summed E-state index contributed by atoms with van der Waals surface area (Å²) in [5, 5.41) is 22.1. The zero-order valence-electron chi connectivity index (χ0n) is 12.2. The number of nitrogens with one attached hydrogen (secondary N) is 1. The van der Waals surface area contributed by atoms with E-state index in [9.17, 15) is 23.7 Å². The summed E-state index contributed by atoms with van der Waals surface area (Å²) in [6.45, 7) is 1.58. The Kier molecular flexibility index (Phi) is 6.17. The molecular formula is C13H17F2N3O4. The minimum Gasteiger partial charge on any atom is -0.395 e. The molecule has 0 aliphatic carbocycles. The molecule has 1 aromatic carbocycles. The van der Waals surface area contributed by atoms with Gasteiger partial charge < -0.3 is 15.3 Å². The molecule has 0 saturated carbocycles. The van der Waals surface area contributed by atoms with Gasteiger partial charge in [0.2, 0.25) is 0 Å².